The van der Waals surface area contributed by atoms with Crippen LogP contribution >= 0.6 is 0 Å². The molecule has 100 valence electrons. The van der Waals surface area contributed by atoms with E-state index in [0.29, 0.717) is 23.9 Å². The van der Waals surface area contributed by atoms with E-state index in [-0.39, 0.29) is 0 Å². The highest BCUT2D eigenvalue weighted by atomic mass is 32.2. The first-order valence-corrected chi connectivity index (χ1v) is 7.68. The molecule has 1 N–H and O–H groups in total. The minimum atomic E-state index is -3.35. The molecule has 1 saturated carbocycles. The van der Waals surface area contributed by atoms with E-state index in [1.807, 2.05) is 19.2 Å². The van der Waals surface area contributed by atoms with Crippen molar-refractivity contribution in [1.82, 2.24) is 9.62 Å². The van der Waals surface area contributed by atoms with Gasteiger partial charge < -0.3 is 5.32 Å². The van der Waals surface area contributed by atoms with Gasteiger partial charge in [0.25, 0.3) is 0 Å². The van der Waals surface area contributed by atoms with Crippen molar-refractivity contribution in [3.05, 3.63) is 29.8 Å². The first-order valence-electron chi connectivity index (χ1n) is 6.24. The number of hydrogen-bond acceptors (Lipinski definition) is 3. The molecule has 0 bridgehead atoms. The number of nitrogens with zero attached hydrogens (tertiary/aromatic N) is 1. The molecule has 0 radical (unpaired) electrons. The van der Waals surface area contributed by atoms with Gasteiger partial charge in [0.15, 0.2) is 0 Å². The molecular formula is C13H20N2O2S. The zero-order valence-electron chi connectivity index (χ0n) is 10.9. The summed E-state index contributed by atoms with van der Waals surface area (Å²) in [5.41, 5.74) is 0.822. The topological polar surface area (TPSA) is 49.4 Å². The Balaban J connectivity index is 2.27. The van der Waals surface area contributed by atoms with E-state index in [4.69, 9.17) is 0 Å². The van der Waals surface area contributed by atoms with Crippen LogP contribution in [0.25, 0.3) is 0 Å². The SMILES string of the molecule is CNCc1ccccc1S(=O)(=O)N(C)CC1CC1. The van der Waals surface area contributed by atoms with Crippen LogP contribution in [-0.2, 0) is 16.6 Å². The Morgan fingerprint density at radius 1 is 1.33 bits per heavy atom. The summed E-state index contributed by atoms with van der Waals surface area (Å²) in [5.74, 6) is 0.557. The van der Waals surface area contributed by atoms with Gasteiger partial charge in [-0.2, -0.15) is 0 Å². The maximum atomic E-state index is 12.5. The van der Waals surface area contributed by atoms with E-state index in [0.717, 1.165) is 18.4 Å². The van der Waals surface area contributed by atoms with E-state index in [1.165, 1.54) is 4.31 Å². The van der Waals surface area contributed by atoms with Gasteiger partial charge in [0.1, 0.15) is 0 Å². The Morgan fingerprint density at radius 3 is 2.61 bits per heavy atom. The fraction of sp³-hybridized carbons (Fsp3) is 0.538. The zero-order valence-corrected chi connectivity index (χ0v) is 11.7. The van der Waals surface area contributed by atoms with Gasteiger partial charge in [0.2, 0.25) is 10.0 Å². The molecule has 0 atom stereocenters. The van der Waals surface area contributed by atoms with Crippen molar-refractivity contribution >= 4 is 10.0 Å². The highest BCUT2D eigenvalue weighted by Gasteiger charge is 2.30. The van der Waals surface area contributed by atoms with Crippen molar-refractivity contribution in [3.63, 3.8) is 0 Å². The molecule has 1 aromatic carbocycles. The lowest BCUT2D eigenvalue weighted by Gasteiger charge is -2.19. The molecule has 0 heterocycles. The van der Waals surface area contributed by atoms with Crippen LogP contribution in [0, 0.1) is 5.92 Å². The third kappa shape index (κ3) is 2.91. The zero-order chi connectivity index (χ0) is 13.2. The van der Waals surface area contributed by atoms with Gasteiger partial charge in [0, 0.05) is 20.1 Å². The van der Waals surface area contributed by atoms with Crippen LogP contribution in [0.3, 0.4) is 0 Å². The molecule has 0 amide bonds. The maximum absolute atomic E-state index is 12.5. The van der Waals surface area contributed by atoms with Crippen molar-refractivity contribution in [1.29, 1.82) is 0 Å². The lowest BCUT2D eigenvalue weighted by Crippen LogP contribution is -2.30. The van der Waals surface area contributed by atoms with E-state index in [9.17, 15) is 8.42 Å². The number of nitrogens with one attached hydrogen (secondary N) is 1. The molecule has 0 saturated heterocycles. The molecule has 1 fully saturated rings. The summed E-state index contributed by atoms with van der Waals surface area (Å²) < 4.78 is 26.5. The lowest BCUT2D eigenvalue weighted by atomic mass is 10.2. The first kappa shape index (κ1) is 13.5. The van der Waals surface area contributed by atoms with Crippen LogP contribution in [0.2, 0.25) is 0 Å². The van der Waals surface area contributed by atoms with Crippen molar-refractivity contribution in [2.75, 3.05) is 20.6 Å². The second-order valence-corrected chi connectivity index (χ2v) is 6.88. The third-order valence-electron chi connectivity index (χ3n) is 3.24. The molecule has 0 aromatic heterocycles. The lowest BCUT2D eigenvalue weighted by molar-refractivity contribution is 0.452. The standard InChI is InChI=1S/C13H20N2O2S/c1-14-9-12-5-3-4-6-13(12)18(16,17)15(2)10-11-7-8-11/h3-6,11,14H,7-10H2,1-2H3. The molecule has 18 heavy (non-hydrogen) atoms. The van der Waals surface area contributed by atoms with Gasteiger partial charge in [-0.05, 0) is 37.4 Å². The predicted octanol–water partition coefficient (Wildman–Crippen LogP) is 1.44. The Hall–Kier alpha value is -0.910. The average molecular weight is 268 g/mol. The Kier molecular flexibility index (Phi) is 4.04. The number of benzene rings is 1. The van der Waals surface area contributed by atoms with Crippen LogP contribution in [0.4, 0.5) is 0 Å². The van der Waals surface area contributed by atoms with Crippen LogP contribution in [0.5, 0.6) is 0 Å². The summed E-state index contributed by atoms with van der Waals surface area (Å²) >= 11 is 0. The fourth-order valence-corrected chi connectivity index (χ4v) is 3.49. The van der Waals surface area contributed by atoms with Gasteiger partial charge in [-0.25, -0.2) is 12.7 Å². The van der Waals surface area contributed by atoms with Crippen LogP contribution in [0.15, 0.2) is 29.2 Å². The molecule has 1 aliphatic rings. The second kappa shape index (κ2) is 5.38. The third-order valence-corrected chi connectivity index (χ3v) is 5.16. The number of sulfonamides is 1. The van der Waals surface area contributed by atoms with Gasteiger partial charge in [0.05, 0.1) is 4.90 Å². The van der Waals surface area contributed by atoms with Gasteiger partial charge in [-0.15, -0.1) is 0 Å². The summed E-state index contributed by atoms with van der Waals surface area (Å²) in [7, 11) is 0.134. The minimum absolute atomic E-state index is 0.419. The van der Waals surface area contributed by atoms with E-state index in [2.05, 4.69) is 5.32 Å². The molecule has 1 aromatic rings. The highest BCUT2D eigenvalue weighted by Crippen LogP contribution is 2.31. The highest BCUT2D eigenvalue weighted by molar-refractivity contribution is 7.89. The monoisotopic (exact) mass is 268 g/mol. The summed E-state index contributed by atoms with van der Waals surface area (Å²) in [4.78, 5) is 0.419. The van der Waals surface area contributed by atoms with E-state index >= 15 is 0 Å². The minimum Gasteiger partial charge on any atom is -0.316 e. The van der Waals surface area contributed by atoms with Gasteiger partial charge >= 0.3 is 0 Å². The van der Waals surface area contributed by atoms with Crippen molar-refractivity contribution in [3.8, 4) is 0 Å². The normalized spacial score (nSPS) is 16.2. The van der Waals surface area contributed by atoms with E-state index < -0.39 is 10.0 Å². The Labute approximate surface area is 109 Å². The van der Waals surface area contributed by atoms with Crippen LogP contribution in [0.1, 0.15) is 18.4 Å². The molecule has 2 rings (SSSR count). The average Bonchev–Trinajstić information content (AvgIpc) is 3.14. The molecule has 4 nitrogen and oxygen atoms in total. The largest absolute Gasteiger partial charge is 0.316 e. The van der Waals surface area contributed by atoms with E-state index in [1.54, 1.807) is 19.2 Å². The quantitative estimate of drug-likeness (QED) is 0.849. The predicted molar refractivity (Wildman–Crippen MR) is 71.7 cm³/mol. The van der Waals surface area contributed by atoms with Crippen molar-refractivity contribution < 1.29 is 8.42 Å². The van der Waals surface area contributed by atoms with Crippen LogP contribution in [-0.4, -0.2) is 33.4 Å². The number of hydrogen-bond donors (Lipinski definition) is 1. The summed E-state index contributed by atoms with van der Waals surface area (Å²) in [6.45, 7) is 1.20. The van der Waals surface area contributed by atoms with Crippen molar-refractivity contribution in [2.24, 2.45) is 5.92 Å². The summed E-state index contributed by atoms with van der Waals surface area (Å²) in [6.07, 6.45) is 2.30. The second-order valence-electron chi connectivity index (χ2n) is 4.87. The fourth-order valence-electron chi connectivity index (χ4n) is 2.02. The molecule has 5 heteroatoms. The van der Waals surface area contributed by atoms with Gasteiger partial charge in [-0.1, -0.05) is 18.2 Å². The summed E-state index contributed by atoms with van der Waals surface area (Å²) in [6, 6.07) is 7.18. The molecular weight excluding hydrogens is 248 g/mol. The first-order chi connectivity index (χ1) is 8.55. The molecule has 0 spiro atoms. The Morgan fingerprint density at radius 2 is 2.00 bits per heavy atom. The molecule has 1 aliphatic carbocycles. The smallest absolute Gasteiger partial charge is 0.243 e. The van der Waals surface area contributed by atoms with Gasteiger partial charge in [-0.3, -0.25) is 0 Å². The summed E-state index contributed by atoms with van der Waals surface area (Å²) in [5, 5.41) is 3.01. The molecule has 0 aliphatic heterocycles. The number of rotatable bonds is 6. The van der Waals surface area contributed by atoms with Crippen molar-refractivity contribution in [2.45, 2.75) is 24.3 Å². The van der Waals surface area contributed by atoms with Crippen LogP contribution < -0.4 is 5.32 Å². The maximum Gasteiger partial charge on any atom is 0.243 e. The Bertz CT molecular complexity index is 509. The molecule has 0 unspecified atom stereocenters.